The van der Waals surface area contributed by atoms with Crippen LogP contribution in [0.25, 0.3) is 0 Å². The van der Waals surface area contributed by atoms with Gasteiger partial charge in [-0.15, -0.1) is 0 Å². The van der Waals surface area contributed by atoms with Gasteiger partial charge in [-0.3, -0.25) is 11.3 Å². The monoisotopic (exact) mass is 276 g/mol. The van der Waals surface area contributed by atoms with E-state index in [0.29, 0.717) is 5.92 Å². The Kier molecular flexibility index (Phi) is 5.19. The Hall–Kier alpha value is -0.900. The molecule has 0 bridgehead atoms. The van der Waals surface area contributed by atoms with Gasteiger partial charge in [-0.05, 0) is 49.1 Å². The molecule has 0 aromatic heterocycles. The minimum Gasteiger partial charge on any atom is -0.378 e. The molecule has 1 aromatic rings. The third-order valence-electron chi connectivity index (χ3n) is 4.68. The van der Waals surface area contributed by atoms with E-state index >= 15 is 0 Å². The summed E-state index contributed by atoms with van der Waals surface area (Å²) in [7, 11) is 1.82. The van der Waals surface area contributed by atoms with E-state index in [1.807, 2.05) is 7.11 Å². The molecule has 3 nitrogen and oxygen atoms in total. The molecule has 0 aliphatic heterocycles. The first-order valence-corrected chi connectivity index (χ1v) is 7.69. The topological polar surface area (TPSA) is 47.3 Å². The molecule has 0 heterocycles. The van der Waals surface area contributed by atoms with Crippen LogP contribution in [0.1, 0.15) is 56.6 Å². The van der Waals surface area contributed by atoms with Crippen LogP contribution < -0.4 is 11.3 Å². The van der Waals surface area contributed by atoms with Gasteiger partial charge < -0.3 is 4.74 Å². The second-order valence-electron chi connectivity index (χ2n) is 6.41. The molecule has 0 saturated heterocycles. The first-order valence-electron chi connectivity index (χ1n) is 7.69. The van der Waals surface area contributed by atoms with Crippen LogP contribution in [-0.2, 0) is 11.2 Å². The fourth-order valence-electron chi connectivity index (χ4n) is 3.02. The van der Waals surface area contributed by atoms with E-state index in [2.05, 4.69) is 43.5 Å². The van der Waals surface area contributed by atoms with Gasteiger partial charge in [0.1, 0.15) is 0 Å². The predicted molar refractivity (Wildman–Crippen MR) is 83.6 cm³/mol. The fourth-order valence-corrected chi connectivity index (χ4v) is 3.02. The summed E-state index contributed by atoms with van der Waals surface area (Å²) in [4.78, 5) is 0. The minimum atomic E-state index is 0.0644. The number of hydrogen-bond donors (Lipinski definition) is 2. The van der Waals surface area contributed by atoms with E-state index in [-0.39, 0.29) is 11.6 Å². The third kappa shape index (κ3) is 3.60. The van der Waals surface area contributed by atoms with Crippen LogP contribution in [0, 0.1) is 0 Å². The van der Waals surface area contributed by atoms with E-state index in [9.17, 15) is 0 Å². The minimum absolute atomic E-state index is 0.0644. The van der Waals surface area contributed by atoms with Crippen molar-refractivity contribution in [2.24, 2.45) is 5.84 Å². The molecular weight excluding hydrogens is 248 g/mol. The second kappa shape index (κ2) is 6.70. The van der Waals surface area contributed by atoms with Crippen LogP contribution >= 0.6 is 0 Å². The van der Waals surface area contributed by atoms with Gasteiger partial charge in [0.05, 0.1) is 5.60 Å². The highest BCUT2D eigenvalue weighted by Gasteiger charge is 2.38. The Morgan fingerprint density at radius 2 is 1.90 bits per heavy atom. The highest BCUT2D eigenvalue weighted by atomic mass is 16.5. The quantitative estimate of drug-likeness (QED) is 0.594. The molecule has 1 unspecified atom stereocenters. The summed E-state index contributed by atoms with van der Waals surface area (Å²) in [5, 5.41) is 0. The smallest absolute Gasteiger partial charge is 0.0694 e. The maximum atomic E-state index is 5.73. The van der Waals surface area contributed by atoms with E-state index in [4.69, 9.17) is 10.6 Å². The van der Waals surface area contributed by atoms with E-state index in [1.54, 1.807) is 0 Å². The van der Waals surface area contributed by atoms with Crippen molar-refractivity contribution in [1.29, 1.82) is 0 Å². The first kappa shape index (κ1) is 15.5. The maximum absolute atomic E-state index is 5.73. The first-order chi connectivity index (χ1) is 9.58. The second-order valence-corrected chi connectivity index (χ2v) is 6.41. The lowest BCUT2D eigenvalue weighted by atomic mass is 9.75. The van der Waals surface area contributed by atoms with Gasteiger partial charge in [-0.2, -0.15) is 0 Å². The van der Waals surface area contributed by atoms with Crippen molar-refractivity contribution in [3.8, 4) is 0 Å². The molecule has 112 valence electrons. The third-order valence-corrected chi connectivity index (χ3v) is 4.68. The van der Waals surface area contributed by atoms with Crippen LogP contribution in [0.4, 0.5) is 0 Å². The lowest BCUT2D eigenvalue weighted by molar-refractivity contribution is -0.0834. The molecule has 2 rings (SSSR count). The van der Waals surface area contributed by atoms with Crippen LogP contribution in [0.3, 0.4) is 0 Å². The van der Waals surface area contributed by atoms with Gasteiger partial charge in [-0.1, -0.05) is 38.1 Å². The Morgan fingerprint density at radius 1 is 1.25 bits per heavy atom. The molecule has 1 saturated carbocycles. The Balaban J connectivity index is 1.95. The number of rotatable bonds is 7. The van der Waals surface area contributed by atoms with Crippen LogP contribution in [0.2, 0.25) is 0 Å². The van der Waals surface area contributed by atoms with Gasteiger partial charge in [0.15, 0.2) is 0 Å². The van der Waals surface area contributed by atoms with Gasteiger partial charge in [0.25, 0.3) is 0 Å². The van der Waals surface area contributed by atoms with Gasteiger partial charge >= 0.3 is 0 Å². The highest BCUT2D eigenvalue weighted by molar-refractivity contribution is 5.25. The SMILES string of the molecule is COC1(CC(Cc2ccc(C(C)C)cc2)NN)CCC1. The number of methoxy groups -OCH3 is 1. The Bertz CT molecular complexity index is 404. The summed E-state index contributed by atoms with van der Waals surface area (Å²) in [6, 6.07) is 9.17. The highest BCUT2D eigenvalue weighted by Crippen LogP contribution is 2.39. The van der Waals surface area contributed by atoms with Crippen molar-refractivity contribution in [2.45, 2.75) is 63.5 Å². The summed E-state index contributed by atoms with van der Waals surface area (Å²) in [5.74, 6) is 6.32. The number of nitrogens with two attached hydrogens (primary N) is 1. The van der Waals surface area contributed by atoms with Crippen LogP contribution in [-0.4, -0.2) is 18.8 Å². The van der Waals surface area contributed by atoms with Crippen LogP contribution in [0.15, 0.2) is 24.3 Å². The zero-order valence-corrected chi connectivity index (χ0v) is 13.0. The average Bonchev–Trinajstić information content (AvgIpc) is 2.42. The van der Waals surface area contributed by atoms with Gasteiger partial charge in [0.2, 0.25) is 0 Å². The van der Waals surface area contributed by atoms with Crippen molar-refractivity contribution in [2.75, 3.05) is 7.11 Å². The van der Waals surface area contributed by atoms with Crippen molar-refractivity contribution >= 4 is 0 Å². The molecular formula is C17H28N2O. The van der Waals surface area contributed by atoms with Crippen molar-refractivity contribution in [3.63, 3.8) is 0 Å². The molecule has 1 aliphatic carbocycles. The van der Waals surface area contributed by atoms with Crippen LogP contribution in [0.5, 0.6) is 0 Å². The largest absolute Gasteiger partial charge is 0.378 e. The van der Waals surface area contributed by atoms with E-state index < -0.39 is 0 Å². The molecule has 20 heavy (non-hydrogen) atoms. The normalized spacial score (nSPS) is 18.9. The van der Waals surface area contributed by atoms with Crippen molar-refractivity contribution in [1.82, 2.24) is 5.43 Å². The number of nitrogens with one attached hydrogen (secondary N) is 1. The summed E-state index contributed by atoms with van der Waals surface area (Å²) in [6.45, 7) is 4.44. The van der Waals surface area contributed by atoms with E-state index in [1.165, 1.54) is 17.5 Å². The summed E-state index contributed by atoms with van der Waals surface area (Å²) in [6.07, 6.45) is 5.54. The number of ether oxygens (including phenoxy) is 1. The molecule has 1 aliphatic rings. The fraction of sp³-hybridized carbons (Fsp3) is 0.647. The zero-order valence-electron chi connectivity index (χ0n) is 13.0. The number of hydrogen-bond acceptors (Lipinski definition) is 3. The lowest BCUT2D eigenvalue weighted by Gasteiger charge is -2.42. The van der Waals surface area contributed by atoms with Crippen molar-refractivity contribution in [3.05, 3.63) is 35.4 Å². The maximum Gasteiger partial charge on any atom is 0.0694 e. The standard InChI is InChI=1S/C17H28N2O/c1-13(2)15-7-5-14(6-8-15)11-16(19-18)12-17(20-3)9-4-10-17/h5-8,13,16,19H,4,9-12,18H2,1-3H3. The van der Waals surface area contributed by atoms with Gasteiger partial charge in [0, 0.05) is 13.2 Å². The summed E-state index contributed by atoms with van der Waals surface area (Å²) >= 11 is 0. The molecule has 3 heteroatoms. The molecule has 0 radical (unpaired) electrons. The lowest BCUT2D eigenvalue weighted by Crippen LogP contribution is -2.48. The molecule has 0 amide bonds. The van der Waals surface area contributed by atoms with Crippen molar-refractivity contribution < 1.29 is 4.74 Å². The predicted octanol–water partition coefficient (Wildman–Crippen LogP) is 3.14. The molecule has 1 fully saturated rings. The summed E-state index contributed by atoms with van der Waals surface area (Å²) in [5.41, 5.74) is 5.75. The number of benzene rings is 1. The average molecular weight is 276 g/mol. The molecule has 3 N–H and O–H groups in total. The number of hydrazine groups is 1. The van der Waals surface area contributed by atoms with Gasteiger partial charge in [-0.25, -0.2) is 0 Å². The van der Waals surface area contributed by atoms with E-state index in [0.717, 1.165) is 25.7 Å². The molecule has 1 atom stereocenters. The molecule has 1 aromatic carbocycles. The summed E-state index contributed by atoms with van der Waals surface area (Å²) < 4.78 is 5.70. The Labute approximate surface area is 122 Å². The molecule has 0 spiro atoms. The Morgan fingerprint density at radius 3 is 2.30 bits per heavy atom. The zero-order chi connectivity index (χ0) is 14.6.